The van der Waals surface area contributed by atoms with E-state index in [1.54, 1.807) is 18.2 Å². The predicted molar refractivity (Wildman–Crippen MR) is 111 cm³/mol. The number of hydrogen-bond acceptors (Lipinski definition) is 5. The summed E-state index contributed by atoms with van der Waals surface area (Å²) in [5.74, 6) is -0.0755. The first-order valence-corrected chi connectivity index (χ1v) is 11.2. The minimum atomic E-state index is -4.18. The molecule has 0 radical (unpaired) electrons. The number of carbonyl (C=O) groups is 1. The van der Waals surface area contributed by atoms with E-state index in [0.717, 1.165) is 10.4 Å². The third-order valence-corrected chi connectivity index (χ3v) is 6.43. The largest absolute Gasteiger partial charge is 0.486 e. The number of nitrogens with one attached hydrogen (secondary N) is 1. The van der Waals surface area contributed by atoms with E-state index in [9.17, 15) is 17.6 Å². The van der Waals surface area contributed by atoms with Crippen molar-refractivity contribution in [2.75, 3.05) is 31.6 Å². The second kappa shape index (κ2) is 9.44. The molecule has 0 saturated heterocycles. The molecule has 30 heavy (non-hydrogen) atoms. The van der Waals surface area contributed by atoms with E-state index in [1.807, 2.05) is 13.8 Å². The zero-order valence-electron chi connectivity index (χ0n) is 16.9. The van der Waals surface area contributed by atoms with E-state index in [4.69, 9.17) is 9.47 Å². The summed E-state index contributed by atoms with van der Waals surface area (Å²) in [4.78, 5) is 12.2. The lowest BCUT2D eigenvalue weighted by Crippen LogP contribution is -2.39. The number of halogens is 1. The number of hydrogen-bond donors (Lipinski definition) is 1. The van der Waals surface area contributed by atoms with Crippen LogP contribution in [0.3, 0.4) is 0 Å². The summed E-state index contributed by atoms with van der Waals surface area (Å²) < 4.78 is 52.1. The van der Waals surface area contributed by atoms with E-state index in [-0.39, 0.29) is 12.5 Å². The molecule has 0 fully saturated rings. The fourth-order valence-electron chi connectivity index (χ4n) is 2.96. The SMILES string of the molecule is CC(C)CCN(CC(=O)Nc1ccc2c(c1)OCCO2)S(=O)(=O)c1ccccc1F. The van der Waals surface area contributed by atoms with E-state index in [0.29, 0.717) is 36.8 Å². The van der Waals surface area contributed by atoms with Crippen LogP contribution in [0.2, 0.25) is 0 Å². The van der Waals surface area contributed by atoms with Gasteiger partial charge in [-0.2, -0.15) is 4.31 Å². The number of sulfonamides is 1. The molecule has 3 rings (SSSR count). The van der Waals surface area contributed by atoms with Gasteiger partial charge in [-0.15, -0.1) is 0 Å². The van der Waals surface area contributed by atoms with Gasteiger partial charge in [0.25, 0.3) is 0 Å². The van der Waals surface area contributed by atoms with Gasteiger partial charge in [-0.3, -0.25) is 4.79 Å². The summed E-state index contributed by atoms with van der Waals surface area (Å²) in [6.07, 6.45) is 0.533. The lowest BCUT2D eigenvalue weighted by molar-refractivity contribution is -0.116. The van der Waals surface area contributed by atoms with E-state index in [1.165, 1.54) is 18.2 Å². The molecule has 2 aromatic rings. The highest BCUT2D eigenvalue weighted by atomic mass is 32.2. The standard InChI is InChI=1S/C21H25FN2O5S/c1-15(2)9-10-24(30(26,27)20-6-4-3-5-17(20)22)14-21(25)23-16-7-8-18-19(13-16)29-12-11-28-18/h3-8,13,15H,9-12,14H2,1-2H3,(H,23,25). The molecule has 0 aliphatic carbocycles. The average molecular weight is 437 g/mol. The van der Waals surface area contributed by atoms with Gasteiger partial charge in [0, 0.05) is 18.3 Å². The van der Waals surface area contributed by atoms with Crippen LogP contribution in [0.4, 0.5) is 10.1 Å². The number of amides is 1. The van der Waals surface area contributed by atoms with Gasteiger partial charge in [0.1, 0.15) is 23.9 Å². The summed E-state index contributed by atoms with van der Waals surface area (Å²) >= 11 is 0. The van der Waals surface area contributed by atoms with Gasteiger partial charge < -0.3 is 14.8 Å². The van der Waals surface area contributed by atoms with E-state index < -0.39 is 33.2 Å². The molecule has 2 aromatic carbocycles. The summed E-state index contributed by atoms with van der Waals surface area (Å²) in [6.45, 7) is 4.43. The normalized spacial score (nSPS) is 13.5. The lowest BCUT2D eigenvalue weighted by atomic mass is 10.1. The molecule has 1 aliphatic heterocycles. The van der Waals surface area contributed by atoms with Crippen LogP contribution in [-0.4, -0.2) is 44.9 Å². The van der Waals surface area contributed by atoms with Crippen LogP contribution in [0.5, 0.6) is 11.5 Å². The fourth-order valence-corrected chi connectivity index (χ4v) is 4.44. The van der Waals surface area contributed by atoms with Crippen LogP contribution in [0.25, 0.3) is 0 Å². The van der Waals surface area contributed by atoms with Gasteiger partial charge in [-0.05, 0) is 36.6 Å². The molecule has 162 valence electrons. The van der Waals surface area contributed by atoms with E-state index >= 15 is 0 Å². The molecule has 0 atom stereocenters. The predicted octanol–water partition coefficient (Wildman–Crippen LogP) is 3.27. The summed E-state index contributed by atoms with van der Waals surface area (Å²) in [5.41, 5.74) is 0.455. The number of fused-ring (bicyclic) bond motifs is 1. The van der Waals surface area contributed by atoms with Crippen LogP contribution in [-0.2, 0) is 14.8 Å². The van der Waals surface area contributed by atoms with Gasteiger partial charge in [0.15, 0.2) is 11.5 Å². The molecule has 9 heteroatoms. The molecule has 0 aromatic heterocycles. The van der Waals surface area contributed by atoms with Gasteiger partial charge in [-0.1, -0.05) is 26.0 Å². The maximum Gasteiger partial charge on any atom is 0.246 e. The molecule has 0 saturated carbocycles. The first kappa shape index (κ1) is 22.0. The molecule has 1 amide bonds. The first-order chi connectivity index (χ1) is 14.3. The Hall–Kier alpha value is -2.65. The van der Waals surface area contributed by atoms with E-state index in [2.05, 4.69) is 5.32 Å². The number of ether oxygens (including phenoxy) is 2. The van der Waals surface area contributed by atoms with Crippen molar-refractivity contribution in [2.24, 2.45) is 5.92 Å². The van der Waals surface area contributed by atoms with Gasteiger partial charge in [0.05, 0.1) is 6.54 Å². The van der Waals surface area contributed by atoms with Crippen LogP contribution in [0.15, 0.2) is 47.4 Å². The second-order valence-electron chi connectivity index (χ2n) is 7.36. The Labute approximate surface area is 175 Å². The minimum Gasteiger partial charge on any atom is -0.486 e. The highest BCUT2D eigenvalue weighted by molar-refractivity contribution is 7.89. The summed E-state index contributed by atoms with van der Waals surface area (Å²) in [7, 11) is -4.18. The highest BCUT2D eigenvalue weighted by Crippen LogP contribution is 2.32. The first-order valence-electron chi connectivity index (χ1n) is 9.71. The van der Waals surface area contributed by atoms with Gasteiger partial charge in [0.2, 0.25) is 15.9 Å². The molecule has 1 aliphatic rings. The third-order valence-electron chi connectivity index (χ3n) is 4.56. The number of nitrogens with zero attached hydrogens (tertiary/aromatic N) is 1. The Morgan fingerprint density at radius 2 is 1.83 bits per heavy atom. The fraction of sp³-hybridized carbons (Fsp3) is 0.381. The third kappa shape index (κ3) is 5.28. The smallest absolute Gasteiger partial charge is 0.246 e. The number of rotatable bonds is 8. The minimum absolute atomic E-state index is 0.100. The van der Waals surface area contributed by atoms with Crippen LogP contribution in [0.1, 0.15) is 20.3 Å². The lowest BCUT2D eigenvalue weighted by Gasteiger charge is -2.23. The number of carbonyl (C=O) groups excluding carboxylic acids is 1. The Morgan fingerprint density at radius 1 is 1.13 bits per heavy atom. The Kier molecular flexibility index (Phi) is 6.94. The summed E-state index contributed by atoms with van der Waals surface area (Å²) in [5, 5.41) is 2.67. The van der Waals surface area contributed by atoms with Gasteiger partial charge in [-0.25, -0.2) is 12.8 Å². The zero-order valence-corrected chi connectivity index (χ0v) is 17.7. The van der Waals surface area contributed by atoms with Gasteiger partial charge >= 0.3 is 0 Å². The molecular formula is C21H25FN2O5S. The molecule has 1 heterocycles. The quantitative estimate of drug-likeness (QED) is 0.687. The topological polar surface area (TPSA) is 84.9 Å². The van der Waals surface area contributed by atoms with Crippen molar-refractivity contribution >= 4 is 21.6 Å². The van der Waals surface area contributed by atoms with Crippen molar-refractivity contribution in [2.45, 2.75) is 25.2 Å². The molecule has 0 unspecified atom stereocenters. The summed E-state index contributed by atoms with van der Waals surface area (Å²) in [6, 6.07) is 10.1. The molecule has 0 bridgehead atoms. The van der Waals surface area contributed by atoms with Crippen molar-refractivity contribution < 1.29 is 27.1 Å². The van der Waals surface area contributed by atoms with Crippen molar-refractivity contribution in [3.8, 4) is 11.5 Å². The van der Waals surface area contributed by atoms with Crippen LogP contribution in [0, 0.1) is 11.7 Å². The Bertz CT molecular complexity index is 1010. The Morgan fingerprint density at radius 3 is 2.53 bits per heavy atom. The van der Waals surface area contributed by atoms with Crippen molar-refractivity contribution in [1.82, 2.24) is 4.31 Å². The van der Waals surface area contributed by atoms with Crippen LogP contribution < -0.4 is 14.8 Å². The maximum absolute atomic E-state index is 14.2. The molecule has 7 nitrogen and oxygen atoms in total. The zero-order chi connectivity index (χ0) is 21.7. The van der Waals surface area contributed by atoms with Crippen LogP contribution >= 0.6 is 0 Å². The molecular weight excluding hydrogens is 411 g/mol. The van der Waals surface area contributed by atoms with Crippen molar-refractivity contribution in [1.29, 1.82) is 0 Å². The maximum atomic E-state index is 14.2. The Balaban J connectivity index is 1.77. The average Bonchev–Trinajstić information content (AvgIpc) is 2.71. The highest BCUT2D eigenvalue weighted by Gasteiger charge is 2.29. The van der Waals surface area contributed by atoms with Crippen molar-refractivity contribution in [3.05, 3.63) is 48.3 Å². The number of benzene rings is 2. The number of anilines is 1. The molecule has 1 N–H and O–H groups in total. The second-order valence-corrected chi connectivity index (χ2v) is 9.26. The monoisotopic (exact) mass is 436 g/mol. The van der Waals surface area contributed by atoms with Crippen molar-refractivity contribution in [3.63, 3.8) is 0 Å². The molecule has 0 spiro atoms.